The van der Waals surface area contributed by atoms with E-state index in [-0.39, 0.29) is 0 Å². The van der Waals surface area contributed by atoms with Crippen molar-refractivity contribution in [2.45, 2.75) is 26.7 Å². The van der Waals surface area contributed by atoms with Crippen LogP contribution in [0.3, 0.4) is 0 Å². The van der Waals surface area contributed by atoms with Crippen molar-refractivity contribution in [3.05, 3.63) is 28.7 Å². The topological polar surface area (TPSA) is 37.8 Å². The second-order valence-electron chi connectivity index (χ2n) is 4.41. The molecular formula is C12H16ClN3. The number of fused-ring (bicyclic) bond motifs is 1. The highest BCUT2D eigenvalue weighted by molar-refractivity contribution is 6.30. The van der Waals surface area contributed by atoms with Crippen molar-refractivity contribution in [1.82, 2.24) is 9.97 Å². The van der Waals surface area contributed by atoms with Gasteiger partial charge in [0.15, 0.2) is 0 Å². The SMILES string of the molecule is CC(C)Cc1nc(Cl)c2c(n1)NCC=CC2. The molecule has 2 heterocycles. The average molecular weight is 238 g/mol. The van der Waals surface area contributed by atoms with E-state index in [1.54, 1.807) is 0 Å². The van der Waals surface area contributed by atoms with Crippen LogP contribution in [-0.2, 0) is 12.8 Å². The zero-order valence-electron chi connectivity index (χ0n) is 9.63. The highest BCUT2D eigenvalue weighted by Gasteiger charge is 2.13. The minimum absolute atomic E-state index is 0.540. The molecule has 0 aromatic carbocycles. The van der Waals surface area contributed by atoms with E-state index < -0.39 is 0 Å². The van der Waals surface area contributed by atoms with Gasteiger partial charge in [0.1, 0.15) is 16.8 Å². The lowest BCUT2D eigenvalue weighted by Gasteiger charge is -2.11. The first kappa shape index (κ1) is 11.4. The highest BCUT2D eigenvalue weighted by Crippen LogP contribution is 2.24. The summed E-state index contributed by atoms with van der Waals surface area (Å²) >= 11 is 6.18. The number of halogens is 1. The summed E-state index contributed by atoms with van der Waals surface area (Å²) in [6, 6.07) is 0. The van der Waals surface area contributed by atoms with Gasteiger partial charge in [-0.1, -0.05) is 37.6 Å². The maximum absolute atomic E-state index is 6.18. The minimum atomic E-state index is 0.540. The first-order valence-corrected chi connectivity index (χ1v) is 5.98. The smallest absolute Gasteiger partial charge is 0.138 e. The Morgan fingerprint density at radius 1 is 1.38 bits per heavy atom. The van der Waals surface area contributed by atoms with E-state index in [2.05, 4.69) is 41.3 Å². The molecule has 0 aliphatic carbocycles. The molecule has 0 spiro atoms. The number of hydrogen-bond donors (Lipinski definition) is 1. The Balaban J connectivity index is 2.34. The summed E-state index contributed by atoms with van der Waals surface area (Å²) in [7, 11) is 0. The second kappa shape index (κ2) is 4.83. The molecule has 0 radical (unpaired) electrons. The Bertz CT molecular complexity index is 413. The van der Waals surface area contributed by atoms with Gasteiger partial charge in [-0.05, 0) is 12.3 Å². The predicted molar refractivity (Wildman–Crippen MR) is 66.9 cm³/mol. The van der Waals surface area contributed by atoms with Crippen LogP contribution in [0.1, 0.15) is 25.2 Å². The van der Waals surface area contributed by atoms with Crippen molar-refractivity contribution in [2.24, 2.45) is 5.92 Å². The molecule has 1 N–H and O–H groups in total. The number of aromatic nitrogens is 2. The summed E-state index contributed by atoms with van der Waals surface area (Å²) in [5.41, 5.74) is 1.00. The Morgan fingerprint density at radius 3 is 2.94 bits per heavy atom. The summed E-state index contributed by atoms with van der Waals surface area (Å²) in [6.07, 6.45) is 5.85. The Kier molecular flexibility index (Phi) is 3.44. The third-order valence-electron chi connectivity index (χ3n) is 2.47. The van der Waals surface area contributed by atoms with Crippen molar-refractivity contribution < 1.29 is 0 Å². The molecule has 0 atom stereocenters. The molecule has 0 unspecified atom stereocenters. The van der Waals surface area contributed by atoms with E-state index in [1.807, 2.05) is 0 Å². The molecule has 0 fully saturated rings. The normalized spacial score (nSPS) is 14.5. The van der Waals surface area contributed by atoms with E-state index in [9.17, 15) is 0 Å². The number of hydrogen-bond acceptors (Lipinski definition) is 3. The molecule has 2 rings (SSSR count). The maximum Gasteiger partial charge on any atom is 0.138 e. The van der Waals surface area contributed by atoms with E-state index in [0.29, 0.717) is 11.1 Å². The molecule has 0 amide bonds. The van der Waals surface area contributed by atoms with Crippen LogP contribution < -0.4 is 5.32 Å². The highest BCUT2D eigenvalue weighted by atomic mass is 35.5. The molecule has 1 aliphatic heterocycles. The monoisotopic (exact) mass is 237 g/mol. The number of rotatable bonds is 2. The van der Waals surface area contributed by atoms with Crippen LogP contribution in [0.25, 0.3) is 0 Å². The summed E-state index contributed by atoms with van der Waals surface area (Å²) in [4.78, 5) is 8.88. The van der Waals surface area contributed by atoms with Crippen molar-refractivity contribution in [1.29, 1.82) is 0 Å². The van der Waals surface area contributed by atoms with Gasteiger partial charge in [0.2, 0.25) is 0 Å². The lowest BCUT2D eigenvalue weighted by Crippen LogP contribution is -2.08. The number of nitrogens with one attached hydrogen (secondary N) is 1. The van der Waals surface area contributed by atoms with Crippen molar-refractivity contribution >= 4 is 17.4 Å². The first-order chi connectivity index (χ1) is 7.66. The van der Waals surface area contributed by atoms with E-state index in [1.165, 1.54) is 0 Å². The molecule has 1 aliphatic rings. The maximum atomic E-state index is 6.18. The first-order valence-electron chi connectivity index (χ1n) is 5.61. The van der Waals surface area contributed by atoms with Crippen LogP contribution >= 0.6 is 11.6 Å². The quantitative estimate of drug-likeness (QED) is 0.635. The van der Waals surface area contributed by atoms with Gasteiger partial charge in [-0.3, -0.25) is 0 Å². The van der Waals surface area contributed by atoms with Gasteiger partial charge >= 0.3 is 0 Å². The lowest BCUT2D eigenvalue weighted by atomic mass is 10.1. The van der Waals surface area contributed by atoms with E-state index in [0.717, 1.165) is 36.6 Å². The summed E-state index contributed by atoms with van der Waals surface area (Å²) in [5.74, 6) is 2.26. The molecule has 86 valence electrons. The standard InChI is InChI=1S/C12H16ClN3/c1-8(2)7-10-15-11(13)9-5-3-4-6-14-12(9)16-10/h3-4,8H,5-7H2,1-2H3,(H,14,15,16). The van der Waals surface area contributed by atoms with Gasteiger partial charge in [-0.25, -0.2) is 9.97 Å². The van der Waals surface area contributed by atoms with Gasteiger partial charge in [-0.2, -0.15) is 0 Å². The number of allylic oxidation sites excluding steroid dienone is 1. The Hall–Kier alpha value is -1.09. The van der Waals surface area contributed by atoms with Crippen LogP contribution in [-0.4, -0.2) is 16.5 Å². The van der Waals surface area contributed by atoms with Crippen molar-refractivity contribution in [2.75, 3.05) is 11.9 Å². The van der Waals surface area contributed by atoms with Crippen LogP contribution in [0.5, 0.6) is 0 Å². The third-order valence-corrected chi connectivity index (χ3v) is 2.78. The minimum Gasteiger partial charge on any atom is -0.366 e. The zero-order chi connectivity index (χ0) is 11.5. The summed E-state index contributed by atoms with van der Waals surface area (Å²) in [6.45, 7) is 5.11. The molecule has 0 saturated heterocycles. The zero-order valence-corrected chi connectivity index (χ0v) is 10.4. The summed E-state index contributed by atoms with van der Waals surface area (Å²) < 4.78 is 0. The fourth-order valence-corrected chi connectivity index (χ4v) is 1.99. The van der Waals surface area contributed by atoms with Crippen LogP contribution in [0.2, 0.25) is 5.15 Å². The van der Waals surface area contributed by atoms with Crippen molar-refractivity contribution in [3.63, 3.8) is 0 Å². The summed E-state index contributed by atoms with van der Waals surface area (Å²) in [5, 5.41) is 3.84. The van der Waals surface area contributed by atoms with Gasteiger partial charge in [0, 0.05) is 18.5 Å². The fraction of sp³-hybridized carbons (Fsp3) is 0.500. The van der Waals surface area contributed by atoms with E-state index in [4.69, 9.17) is 11.6 Å². The molecule has 4 heteroatoms. The number of nitrogens with zero attached hydrogens (tertiary/aromatic N) is 2. The lowest BCUT2D eigenvalue weighted by molar-refractivity contribution is 0.620. The van der Waals surface area contributed by atoms with E-state index >= 15 is 0 Å². The van der Waals surface area contributed by atoms with Gasteiger partial charge in [0.05, 0.1) is 0 Å². The molecule has 0 saturated carbocycles. The Labute approximate surface area is 101 Å². The Morgan fingerprint density at radius 2 is 2.19 bits per heavy atom. The molecule has 16 heavy (non-hydrogen) atoms. The van der Waals surface area contributed by atoms with Crippen LogP contribution in [0.15, 0.2) is 12.2 Å². The molecule has 3 nitrogen and oxygen atoms in total. The largest absolute Gasteiger partial charge is 0.366 e. The van der Waals surface area contributed by atoms with Gasteiger partial charge in [0.25, 0.3) is 0 Å². The van der Waals surface area contributed by atoms with Crippen LogP contribution in [0, 0.1) is 5.92 Å². The molecule has 0 bridgehead atoms. The molecular weight excluding hydrogens is 222 g/mol. The third kappa shape index (κ3) is 2.53. The predicted octanol–water partition coefficient (Wildman–Crippen LogP) is 2.85. The van der Waals surface area contributed by atoms with Crippen molar-refractivity contribution in [3.8, 4) is 0 Å². The van der Waals surface area contributed by atoms with Gasteiger partial charge in [-0.15, -0.1) is 0 Å². The number of anilines is 1. The van der Waals surface area contributed by atoms with Gasteiger partial charge < -0.3 is 5.32 Å². The fourth-order valence-electron chi connectivity index (χ4n) is 1.72. The second-order valence-corrected chi connectivity index (χ2v) is 4.77. The molecule has 1 aromatic rings. The average Bonchev–Trinajstić information content (AvgIpc) is 2.41. The molecule has 1 aromatic heterocycles. The van der Waals surface area contributed by atoms with Crippen LogP contribution in [0.4, 0.5) is 5.82 Å².